The van der Waals surface area contributed by atoms with E-state index in [0.29, 0.717) is 36.5 Å². The molecule has 0 amide bonds. The third-order valence-corrected chi connectivity index (χ3v) is 9.60. The van der Waals surface area contributed by atoms with Gasteiger partial charge < -0.3 is 23.8 Å². The lowest BCUT2D eigenvalue weighted by molar-refractivity contribution is 0.0512. The van der Waals surface area contributed by atoms with E-state index >= 15 is 8.78 Å². The summed E-state index contributed by atoms with van der Waals surface area (Å²) in [5.41, 5.74) is 0.186. The van der Waals surface area contributed by atoms with Gasteiger partial charge in [0.05, 0.1) is 17.6 Å². The molecule has 0 N–H and O–H groups in total. The summed E-state index contributed by atoms with van der Waals surface area (Å²) in [6.07, 6.45) is 6.92. The van der Waals surface area contributed by atoms with E-state index in [-0.39, 0.29) is 65.0 Å². The number of pyridine rings is 1. The predicted molar refractivity (Wildman–Crippen MR) is 178 cm³/mol. The van der Waals surface area contributed by atoms with Crippen LogP contribution in [-0.4, -0.2) is 78.3 Å². The molecule has 5 heterocycles. The van der Waals surface area contributed by atoms with E-state index in [0.717, 1.165) is 25.1 Å². The normalized spacial score (nSPS) is 20.2. The van der Waals surface area contributed by atoms with Gasteiger partial charge in [0.25, 0.3) is 0 Å². The first-order chi connectivity index (χ1) is 23.9. The first-order valence-corrected chi connectivity index (χ1v) is 16.1. The smallest absolute Gasteiger partial charge is 0.319 e. The summed E-state index contributed by atoms with van der Waals surface area (Å²) in [4.78, 5) is 18.1. The number of terminal acetylenes is 1. The molecule has 2 atom stereocenters. The number of hydrogen-bond acceptors (Lipinski definition) is 9. The Labute approximate surface area is 280 Å². The fourth-order valence-corrected chi connectivity index (χ4v) is 7.44. The number of benzene rings is 3. The Morgan fingerprint density at radius 3 is 2.71 bits per heavy atom. The number of halogens is 3. The molecule has 250 valence electrons. The zero-order valence-electron chi connectivity index (χ0n) is 26.7. The highest BCUT2D eigenvalue weighted by molar-refractivity contribution is 6.04. The molecule has 8 rings (SSSR count). The van der Waals surface area contributed by atoms with Crippen molar-refractivity contribution in [2.45, 2.75) is 31.0 Å². The van der Waals surface area contributed by atoms with Crippen LogP contribution in [-0.2, 0) is 4.74 Å². The van der Waals surface area contributed by atoms with Crippen molar-refractivity contribution < 1.29 is 32.1 Å². The summed E-state index contributed by atoms with van der Waals surface area (Å²) in [5.74, 6) is 1.75. The first-order valence-electron chi connectivity index (χ1n) is 16.1. The van der Waals surface area contributed by atoms with Crippen molar-refractivity contribution >= 4 is 33.2 Å². The Bertz CT molecular complexity index is 2130. The second-order valence-electron chi connectivity index (χ2n) is 12.5. The van der Waals surface area contributed by atoms with Crippen molar-refractivity contribution in [2.75, 3.05) is 51.7 Å². The summed E-state index contributed by atoms with van der Waals surface area (Å²) in [5, 5.41) is 1.04. The van der Waals surface area contributed by atoms with E-state index in [9.17, 15) is 4.39 Å². The van der Waals surface area contributed by atoms with Crippen molar-refractivity contribution in [3.05, 3.63) is 71.8 Å². The van der Waals surface area contributed by atoms with Crippen LogP contribution in [0.3, 0.4) is 0 Å². The number of fused-ring (bicyclic) bond motifs is 2. The lowest BCUT2D eigenvalue weighted by Gasteiger charge is -2.31. The third kappa shape index (κ3) is 5.34. The largest absolute Gasteiger partial charge is 0.475 e. The number of para-hydroxylation sites is 1. The Hall–Kier alpha value is -5.12. The first kappa shape index (κ1) is 31.2. The Morgan fingerprint density at radius 2 is 1.90 bits per heavy atom. The summed E-state index contributed by atoms with van der Waals surface area (Å²) in [6.45, 7) is 1.78. The zero-order valence-corrected chi connectivity index (χ0v) is 26.7. The number of aromatic nitrogens is 3. The molecule has 2 fully saturated rings. The molecule has 5 aromatic rings. The van der Waals surface area contributed by atoms with E-state index < -0.39 is 23.3 Å². The van der Waals surface area contributed by atoms with Crippen molar-refractivity contribution in [1.82, 2.24) is 19.9 Å². The molecular weight excluding hydrogens is 635 g/mol. The molecular formula is C37H32F3N5O4. The van der Waals surface area contributed by atoms with E-state index in [1.807, 2.05) is 35.2 Å². The number of anilines is 2. The van der Waals surface area contributed by atoms with Crippen molar-refractivity contribution in [3.63, 3.8) is 0 Å². The van der Waals surface area contributed by atoms with Gasteiger partial charge in [0.15, 0.2) is 18.4 Å². The maximum atomic E-state index is 17.2. The molecule has 12 heteroatoms. The molecule has 9 nitrogen and oxygen atoms in total. The molecule has 3 aliphatic heterocycles. The highest BCUT2D eigenvalue weighted by Gasteiger charge is 2.49. The van der Waals surface area contributed by atoms with Crippen molar-refractivity contribution in [2.24, 2.45) is 0 Å². The predicted octanol–water partition coefficient (Wildman–Crippen LogP) is 6.57. The number of methoxy groups -OCH3 is 1. The Morgan fingerprint density at radius 1 is 1.04 bits per heavy atom. The van der Waals surface area contributed by atoms with Crippen LogP contribution in [0.25, 0.3) is 32.9 Å². The van der Waals surface area contributed by atoms with E-state index in [4.69, 9.17) is 30.4 Å². The summed E-state index contributed by atoms with van der Waals surface area (Å²) >= 11 is 0. The van der Waals surface area contributed by atoms with Gasteiger partial charge in [0.1, 0.15) is 47.5 Å². The second kappa shape index (κ2) is 12.4. The number of hydrogen-bond donors (Lipinski definition) is 0. The minimum atomic E-state index is -0.943. The van der Waals surface area contributed by atoms with Gasteiger partial charge in [-0.3, -0.25) is 4.90 Å². The molecule has 0 unspecified atom stereocenters. The van der Waals surface area contributed by atoms with Crippen LogP contribution < -0.4 is 19.1 Å². The van der Waals surface area contributed by atoms with Gasteiger partial charge in [-0.25, -0.2) is 18.2 Å². The summed E-state index contributed by atoms with van der Waals surface area (Å²) < 4.78 is 70.2. The number of nitrogens with zero attached hydrogens (tertiary/aromatic N) is 5. The molecule has 0 aliphatic carbocycles. The molecule has 2 aromatic heterocycles. The average Bonchev–Trinajstić information content (AvgIpc) is 3.57. The van der Waals surface area contributed by atoms with Gasteiger partial charge in [-0.2, -0.15) is 9.97 Å². The van der Waals surface area contributed by atoms with Crippen molar-refractivity contribution in [3.8, 4) is 41.2 Å². The summed E-state index contributed by atoms with van der Waals surface area (Å²) in [7, 11) is 1.48. The molecule has 0 radical (unpaired) electrons. The number of rotatable bonds is 8. The fraction of sp³-hybridized carbons (Fsp3) is 0.324. The minimum absolute atomic E-state index is 0.0513. The van der Waals surface area contributed by atoms with Gasteiger partial charge in [-0.05, 0) is 55.1 Å². The molecule has 49 heavy (non-hydrogen) atoms. The number of ether oxygens (including phenoxy) is 4. The van der Waals surface area contributed by atoms with Crippen LogP contribution in [0.1, 0.15) is 24.8 Å². The van der Waals surface area contributed by atoms with Crippen LogP contribution in [0.4, 0.5) is 24.7 Å². The van der Waals surface area contributed by atoms with E-state index in [1.165, 1.54) is 13.2 Å². The maximum absolute atomic E-state index is 17.2. The highest BCUT2D eigenvalue weighted by Crippen LogP contribution is 2.45. The average molecular weight is 668 g/mol. The standard InChI is InChI=1S/C37H32F3N5O4/c1-3-26-28(39)11-10-22-16-25(49-21-46-2)17-27(29(22)26)32-31(40)33-30-34(45(14-15-47-35(30)41-32)24-8-5-4-6-9-24)43-36(42-33)48-20-37-12-7-13-44(37)19-23(38)18-37/h1,4-6,8-11,16-17,23H,7,12-15,18-21H2,2H3/t23-,37+/m1/s1. The molecule has 0 bridgehead atoms. The molecule has 3 aliphatic rings. The molecule has 0 spiro atoms. The fourth-order valence-electron chi connectivity index (χ4n) is 7.44. The summed E-state index contributed by atoms with van der Waals surface area (Å²) in [6, 6.07) is 15.5. The van der Waals surface area contributed by atoms with Crippen molar-refractivity contribution in [1.29, 1.82) is 0 Å². The minimum Gasteiger partial charge on any atom is -0.475 e. The van der Waals surface area contributed by atoms with Crippen LogP contribution >= 0.6 is 0 Å². The van der Waals surface area contributed by atoms with Gasteiger partial charge in [0.2, 0.25) is 5.88 Å². The quantitative estimate of drug-likeness (QED) is 0.135. The second-order valence-corrected chi connectivity index (χ2v) is 12.5. The van der Waals surface area contributed by atoms with Gasteiger partial charge in [0, 0.05) is 36.7 Å². The van der Waals surface area contributed by atoms with Crippen LogP contribution in [0.2, 0.25) is 0 Å². The lowest BCUT2D eigenvalue weighted by atomic mass is 9.95. The SMILES string of the molecule is C#Cc1c(F)ccc2cc(OCOC)cc(-c3nc4c5c(nc(OC[C@@]67CCCN6C[C@H](F)C7)nc5c3F)N(c3ccccc3)CCO4)c12. The third-order valence-electron chi connectivity index (χ3n) is 9.60. The van der Waals surface area contributed by atoms with Crippen LogP contribution in [0.5, 0.6) is 17.6 Å². The lowest BCUT2D eigenvalue weighted by Crippen LogP contribution is -2.43. The van der Waals surface area contributed by atoms with Gasteiger partial charge in [-0.1, -0.05) is 30.2 Å². The number of alkyl halides is 1. The molecule has 3 aromatic carbocycles. The van der Waals surface area contributed by atoms with Crippen LogP contribution in [0, 0.1) is 24.0 Å². The van der Waals surface area contributed by atoms with E-state index in [1.54, 1.807) is 18.2 Å². The maximum Gasteiger partial charge on any atom is 0.319 e. The van der Waals surface area contributed by atoms with Gasteiger partial charge in [-0.15, -0.1) is 6.42 Å². The highest BCUT2D eigenvalue weighted by atomic mass is 19.1. The van der Waals surface area contributed by atoms with E-state index in [2.05, 4.69) is 20.8 Å². The van der Waals surface area contributed by atoms with Crippen LogP contribution in [0.15, 0.2) is 54.6 Å². The zero-order chi connectivity index (χ0) is 33.7. The van der Waals surface area contributed by atoms with Gasteiger partial charge >= 0.3 is 6.01 Å². The Kier molecular flexibility index (Phi) is 7.89. The Balaban J connectivity index is 1.35. The molecule has 0 saturated carbocycles. The monoisotopic (exact) mass is 667 g/mol. The topological polar surface area (TPSA) is 82.1 Å². The molecule has 2 saturated heterocycles.